The number of para-hydroxylation sites is 3. The normalized spacial score (nSPS) is 11.9. The molecule has 0 radical (unpaired) electrons. The topological polar surface area (TPSA) is 18.1 Å². The lowest BCUT2D eigenvalue weighted by Gasteiger charge is -2.14. The quantitative estimate of drug-likeness (QED) is 0.172. The van der Waals surface area contributed by atoms with Crippen molar-refractivity contribution in [3.8, 4) is 50.2 Å². The summed E-state index contributed by atoms with van der Waals surface area (Å²) in [5.74, 6) is 0. The van der Waals surface area contributed by atoms with E-state index in [1.54, 1.807) is 0 Å². The SMILES string of the molecule is c1cc(-c2cc(-c3cccc(-n4c5ccccc5c5ccccc54)c3)cc(-c3ccc4sc5ccccc5c4c3)c2)cc(-c2ccc3oc4ccccc4c3c2)c1. The largest absolute Gasteiger partial charge is 0.456 e. The molecule has 3 heteroatoms. The van der Waals surface area contributed by atoms with Gasteiger partial charge in [-0.15, -0.1) is 11.3 Å². The minimum atomic E-state index is 0.909. The molecule has 0 spiro atoms. The molecule has 0 aliphatic heterocycles. The van der Waals surface area contributed by atoms with E-state index in [0.29, 0.717) is 0 Å². The summed E-state index contributed by atoms with van der Waals surface area (Å²) in [7, 11) is 0. The number of nitrogens with zero attached hydrogens (tertiary/aromatic N) is 1. The fraction of sp³-hybridized carbons (Fsp3) is 0. The minimum Gasteiger partial charge on any atom is -0.456 e. The molecule has 0 amide bonds. The van der Waals surface area contributed by atoms with Crippen LogP contribution in [0.3, 0.4) is 0 Å². The van der Waals surface area contributed by atoms with E-state index in [0.717, 1.165) is 27.6 Å². The summed E-state index contributed by atoms with van der Waals surface area (Å²) in [6, 6.07) is 73.0. The van der Waals surface area contributed by atoms with Crippen LogP contribution in [0.5, 0.6) is 0 Å². The first kappa shape index (κ1) is 32.1. The predicted molar refractivity (Wildman–Crippen MR) is 243 cm³/mol. The van der Waals surface area contributed by atoms with Crippen LogP contribution in [-0.4, -0.2) is 4.57 Å². The molecule has 0 bridgehead atoms. The van der Waals surface area contributed by atoms with Crippen molar-refractivity contribution in [2.45, 2.75) is 0 Å². The zero-order chi connectivity index (χ0) is 37.5. The highest BCUT2D eigenvalue weighted by Gasteiger charge is 2.15. The maximum atomic E-state index is 6.17. The maximum absolute atomic E-state index is 6.17. The van der Waals surface area contributed by atoms with Crippen molar-refractivity contribution in [3.05, 3.63) is 200 Å². The molecular formula is C54H33NOS. The van der Waals surface area contributed by atoms with E-state index in [-0.39, 0.29) is 0 Å². The van der Waals surface area contributed by atoms with Crippen molar-refractivity contribution in [3.63, 3.8) is 0 Å². The third kappa shape index (κ3) is 5.24. The van der Waals surface area contributed by atoms with Gasteiger partial charge in [-0.1, -0.05) is 115 Å². The van der Waals surface area contributed by atoms with Crippen LogP contribution in [0.2, 0.25) is 0 Å². The van der Waals surface area contributed by atoms with Crippen LogP contribution in [0.25, 0.3) is 114 Å². The average molecular weight is 744 g/mol. The van der Waals surface area contributed by atoms with Crippen molar-refractivity contribution in [1.29, 1.82) is 0 Å². The zero-order valence-corrected chi connectivity index (χ0v) is 31.6. The molecule has 3 heterocycles. The predicted octanol–water partition coefficient (Wildman–Crippen LogP) is 15.7. The minimum absolute atomic E-state index is 0.909. The van der Waals surface area contributed by atoms with Gasteiger partial charge in [0.05, 0.1) is 11.0 Å². The summed E-state index contributed by atoms with van der Waals surface area (Å²) in [5, 5.41) is 7.42. The molecule has 0 saturated heterocycles. The molecular weight excluding hydrogens is 711 g/mol. The second-order valence-corrected chi connectivity index (χ2v) is 16.0. The van der Waals surface area contributed by atoms with Gasteiger partial charge in [0.15, 0.2) is 0 Å². The lowest BCUT2D eigenvalue weighted by Crippen LogP contribution is -1.94. The second kappa shape index (κ2) is 12.7. The number of hydrogen-bond donors (Lipinski definition) is 0. The highest BCUT2D eigenvalue weighted by Crippen LogP contribution is 2.41. The third-order valence-electron chi connectivity index (χ3n) is 11.6. The van der Waals surface area contributed by atoms with Crippen LogP contribution < -0.4 is 0 Å². The van der Waals surface area contributed by atoms with Crippen molar-refractivity contribution in [2.24, 2.45) is 0 Å². The number of fused-ring (bicyclic) bond motifs is 9. The molecule has 12 rings (SSSR count). The Kier molecular flexibility index (Phi) is 7.13. The van der Waals surface area contributed by atoms with E-state index in [2.05, 4.69) is 193 Å². The number of rotatable bonds is 5. The third-order valence-corrected chi connectivity index (χ3v) is 12.7. The van der Waals surface area contributed by atoms with E-state index < -0.39 is 0 Å². The van der Waals surface area contributed by atoms with Crippen molar-refractivity contribution in [2.75, 3.05) is 0 Å². The number of furan rings is 1. The summed E-state index contributed by atoms with van der Waals surface area (Å²) in [5.41, 5.74) is 14.8. The van der Waals surface area contributed by atoms with Crippen LogP contribution in [0.15, 0.2) is 205 Å². The molecule has 0 atom stereocenters. The number of aromatic nitrogens is 1. The highest BCUT2D eigenvalue weighted by atomic mass is 32.1. The Morgan fingerprint density at radius 1 is 0.298 bits per heavy atom. The summed E-state index contributed by atoms with van der Waals surface area (Å²) in [4.78, 5) is 0. The molecule has 0 aliphatic rings. The zero-order valence-electron chi connectivity index (χ0n) is 30.8. The molecule has 2 nitrogen and oxygen atoms in total. The Hall–Kier alpha value is -7.20. The van der Waals surface area contributed by atoms with Gasteiger partial charge in [-0.25, -0.2) is 0 Å². The van der Waals surface area contributed by atoms with E-state index in [9.17, 15) is 0 Å². The van der Waals surface area contributed by atoms with Crippen LogP contribution in [-0.2, 0) is 0 Å². The Morgan fingerprint density at radius 2 is 0.789 bits per heavy atom. The fourth-order valence-electron chi connectivity index (χ4n) is 8.84. The molecule has 0 unspecified atom stereocenters. The lowest BCUT2D eigenvalue weighted by atomic mass is 9.91. The smallest absolute Gasteiger partial charge is 0.135 e. The van der Waals surface area contributed by atoms with Crippen LogP contribution in [0.4, 0.5) is 0 Å². The van der Waals surface area contributed by atoms with Crippen LogP contribution in [0, 0.1) is 0 Å². The Labute approximate surface area is 333 Å². The summed E-state index contributed by atoms with van der Waals surface area (Å²) in [6.45, 7) is 0. The van der Waals surface area contributed by atoms with Gasteiger partial charge >= 0.3 is 0 Å². The number of benzene rings is 9. The summed E-state index contributed by atoms with van der Waals surface area (Å²) in [6.07, 6.45) is 0. The molecule has 266 valence electrons. The van der Waals surface area contributed by atoms with E-state index in [1.165, 1.54) is 86.5 Å². The van der Waals surface area contributed by atoms with Gasteiger partial charge in [0, 0.05) is 47.4 Å². The first-order chi connectivity index (χ1) is 28.2. The summed E-state index contributed by atoms with van der Waals surface area (Å²) < 4.78 is 11.2. The first-order valence-electron chi connectivity index (χ1n) is 19.4. The molecule has 0 fully saturated rings. The van der Waals surface area contributed by atoms with Gasteiger partial charge in [-0.3, -0.25) is 0 Å². The molecule has 0 saturated carbocycles. The molecule has 0 N–H and O–H groups in total. The van der Waals surface area contributed by atoms with Gasteiger partial charge in [0.25, 0.3) is 0 Å². The number of thiophene rings is 1. The summed E-state index contributed by atoms with van der Waals surface area (Å²) >= 11 is 1.86. The van der Waals surface area contributed by atoms with E-state index >= 15 is 0 Å². The second-order valence-electron chi connectivity index (χ2n) is 14.9. The Balaban J connectivity index is 1.04. The first-order valence-corrected chi connectivity index (χ1v) is 20.2. The van der Waals surface area contributed by atoms with E-state index in [4.69, 9.17) is 4.42 Å². The van der Waals surface area contributed by atoms with Crippen molar-refractivity contribution >= 4 is 75.3 Å². The van der Waals surface area contributed by atoms with Gasteiger partial charge in [-0.2, -0.15) is 0 Å². The molecule has 9 aromatic carbocycles. The number of hydrogen-bond acceptors (Lipinski definition) is 2. The van der Waals surface area contributed by atoms with Crippen molar-refractivity contribution < 1.29 is 4.42 Å². The Morgan fingerprint density at radius 3 is 1.54 bits per heavy atom. The van der Waals surface area contributed by atoms with E-state index in [1.807, 2.05) is 23.5 Å². The standard InChI is InChI=1S/C54H33NOS/c1-5-19-49-43(15-1)44-16-2-6-20-50(44)55(49)42-14-10-13-36(31-42)40-28-39(29-41(30-40)38-24-26-54-48(33-38)46-18-4-8-22-53(46)57-54)35-12-9-11-34(27-35)37-23-25-52-47(32-37)45-17-3-7-21-51(45)56-52/h1-33H. The molecule has 3 aromatic heterocycles. The lowest BCUT2D eigenvalue weighted by molar-refractivity contribution is 0.669. The monoisotopic (exact) mass is 743 g/mol. The van der Waals surface area contributed by atoms with Crippen molar-refractivity contribution in [1.82, 2.24) is 4.57 Å². The maximum Gasteiger partial charge on any atom is 0.135 e. The van der Waals surface area contributed by atoms with Crippen LogP contribution >= 0.6 is 11.3 Å². The van der Waals surface area contributed by atoms with Gasteiger partial charge in [-0.05, 0) is 129 Å². The molecule has 57 heavy (non-hydrogen) atoms. The van der Waals surface area contributed by atoms with Gasteiger partial charge in [0.2, 0.25) is 0 Å². The average Bonchev–Trinajstić information content (AvgIpc) is 3.95. The van der Waals surface area contributed by atoms with Gasteiger partial charge in [0.1, 0.15) is 11.2 Å². The van der Waals surface area contributed by atoms with Gasteiger partial charge < -0.3 is 8.98 Å². The van der Waals surface area contributed by atoms with Crippen LogP contribution in [0.1, 0.15) is 0 Å². The molecule has 0 aliphatic carbocycles. The molecule has 12 aromatic rings. The fourth-order valence-corrected chi connectivity index (χ4v) is 9.93. The Bertz CT molecular complexity index is 3490. The highest BCUT2D eigenvalue weighted by molar-refractivity contribution is 7.25.